The number of para-hydroxylation sites is 2. The van der Waals surface area contributed by atoms with Crippen LogP contribution in [0, 0.1) is 0 Å². The normalized spacial score (nSPS) is 17.6. The summed E-state index contributed by atoms with van der Waals surface area (Å²) in [6.07, 6.45) is 5.51. The highest BCUT2D eigenvalue weighted by molar-refractivity contribution is 5.72. The van der Waals surface area contributed by atoms with Crippen LogP contribution in [0.2, 0.25) is 0 Å². The van der Waals surface area contributed by atoms with Gasteiger partial charge >= 0.3 is 0 Å². The van der Waals surface area contributed by atoms with Crippen molar-refractivity contribution in [2.24, 2.45) is 0 Å². The number of nitrogens with zero attached hydrogens (tertiary/aromatic N) is 2. The van der Waals surface area contributed by atoms with Gasteiger partial charge in [0.25, 0.3) is 0 Å². The molecular formula is C17H24N2O2. The molecule has 0 bridgehead atoms. The zero-order valence-electron chi connectivity index (χ0n) is 12.5. The molecule has 1 aromatic carbocycles. The van der Waals surface area contributed by atoms with Crippen LogP contribution in [0.5, 0.6) is 0 Å². The van der Waals surface area contributed by atoms with Gasteiger partial charge in [-0.3, -0.25) is 0 Å². The lowest BCUT2D eigenvalue weighted by Crippen LogP contribution is -2.33. The van der Waals surface area contributed by atoms with Crippen molar-refractivity contribution >= 4 is 11.1 Å². The summed E-state index contributed by atoms with van der Waals surface area (Å²) in [5.74, 6) is 1.38. The number of benzene rings is 1. The first-order valence-electron chi connectivity index (χ1n) is 8.05. The highest BCUT2D eigenvalue weighted by Crippen LogP contribution is 2.29. The van der Waals surface area contributed by atoms with Gasteiger partial charge in [0, 0.05) is 12.5 Å². The maximum absolute atomic E-state index is 8.79. The Morgan fingerprint density at radius 2 is 1.95 bits per heavy atom. The second-order valence-electron chi connectivity index (χ2n) is 5.92. The van der Waals surface area contributed by atoms with Crippen LogP contribution in [-0.4, -0.2) is 41.2 Å². The van der Waals surface area contributed by atoms with Gasteiger partial charge in [-0.15, -0.1) is 0 Å². The zero-order chi connectivity index (χ0) is 14.5. The first-order valence-corrected chi connectivity index (χ1v) is 8.05. The predicted molar refractivity (Wildman–Crippen MR) is 83.4 cm³/mol. The molecule has 2 heterocycles. The van der Waals surface area contributed by atoms with E-state index < -0.39 is 0 Å². The van der Waals surface area contributed by atoms with Gasteiger partial charge in [-0.1, -0.05) is 12.1 Å². The molecule has 4 heteroatoms. The van der Waals surface area contributed by atoms with E-state index in [9.17, 15) is 0 Å². The van der Waals surface area contributed by atoms with Crippen LogP contribution in [-0.2, 0) is 0 Å². The minimum absolute atomic E-state index is 0.319. The summed E-state index contributed by atoms with van der Waals surface area (Å²) in [5, 5.41) is 8.79. The van der Waals surface area contributed by atoms with Gasteiger partial charge in [0.05, 0.1) is 0 Å². The average Bonchev–Trinajstić information content (AvgIpc) is 2.96. The fourth-order valence-corrected chi connectivity index (χ4v) is 3.09. The Labute approximate surface area is 125 Å². The van der Waals surface area contributed by atoms with Crippen molar-refractivity contribution in [2.45, 2.75) is 38.0 Å². The van der Waals surface area contributed by atoms with Crippen LogP contribution in [0.15, 0.2) is 28.7 Å². The molecule has 1 fully saturated rings. The van der Waals surface area contributed by atoms with Gasteiger partial charge < -0.3 is 14.4 Å². The van der Waals surface area contributed by atoms with Crippen molar-refractivity contribution in [3.05, 3.63) is 30.2 Å². The van der Waals surface area contributed by atoms with E-state index in [1.165, 1.54) is 6.42 Å². The predicted octanol–water partition coefficient (Wildman–Crippen LogP) is 3.17. The van der Waals surface area contributed by atoms with Crippen LogP contribution in [0.4, 0.5) is 0 Å². The number of aliphatic hydroxyl groups excluding tert-OH is 1. The van der Waals surface area contributed by atoms with Crippen LogP contribution in [0.25, 0.3) is 11.1 Å². The third kappa shape index (κ3) is 3.63. The Morgan fingerprint density at radius 3 is 2.71 bits per heavy atom. The molecule has 1 saturated heterocycles. The number of unbranched alkanes of at least 4 members (excludes halogenated alkanes) is 2. The summed E-state index contributed by atoms with van der Waals surface area (Å²) in [6.45, 7) is 3.73. The molecule has 0 atom stereocenters. The summed E-state index contributed by atoms with van der Waals surface area (Å²) >= 11 is 0. The number of aliphatic hydroxyl groups is 1. The van der Waals surface area contributed by atoms with E-state index in [0.717, 1.165) is 62.3 Å². The van der Waals surface area contributed by atoms with Gasteiger partial charge in [0.1, 0.15) is 5.52 Å². The number of piperidine rings is 1. The van der Waals surface area contributed by atoms with E-state index >= 15 is 0 Å². The number of hydrogen-bond donors (Lipinski definition) is 1. The van der Waals surface area contributed by atoms with Gasteiger partial charge in [0.2, 0.25) is 0 Å². The molecule has 3 rings (SSSR count). The van der Waals surface area contributed by atoms with Crippen molar-refractivity contribution in [3.8, 4) is 0 Å². The van der Waals surface area contributed by atoms with Gasteiger partial charge in [-0.25, -0.2) is 4.98 Å². The van der Waals surface area contributed by atoms with Crippen molar-refractivity contribution < 1.29 is 9.52 Å². The maximum atomic E-state index is 8.79. The average molecular weight is 288 g/mol. The van der Waals surface area contributed by atoms with E-state index in [0.29, 0.717) is 12.5 Å². The van der Waals surface area contributed by atoms with E-state index in [1.54, 1.807) is 0 Å². The van der Waals surface area contributed by atoms with Crippen LogP contribution >= 0.6 is 0 Å². The third-order valence-electron chi connectivity index (χ3n) is 4.38. The zero-order valence-corrected chi connectivity index (χ0v) is 12.5. The highest BCUT2D eigenvalue weighted by Gasteiger charge is 2.24. The number of rotatable bonds is 6. The summed E-state index contributed by atoms with van der Waals surface area (Å²) in [4.78, 5) is 7.16. The molecule has 21 heavy (non-hydrogen) atoms. The quantitative estimate of drug-likeness (QED) is 0.829. The first kappa shape index (κ1) is 14.5. The summed E-state index contributed by atoms with van der Waals surface area (Å²) in [6, 6.07) is 8.00. The fraction of sp³-hybridized carbons (Fsp3) is 0.588. The van der Waals surface area contributed by atoms with Gasteiger partial charge in [-0.05, 0) is 63.9 Å². The number of fused-ring (bicyclic) bond motifs is 1. The molecular weight excluding hydrogens is 264 g/mol. The Bertz CT molecular complexity index is 526. The summed E-state index contributed by atoms with van der Waals surface area (Å²) < 4.78 is 5.90. The first-order chi connectivity index (χ1) is 10.4. The Kier molecular flexibility index (Phi) is 4.88. The van der Waals surface area contributed by atoms with Crippen LogP contribution in [0.1, 0.15) is 43.9 Å². The highest BCUT2D eigenvalue weighted by atomic mass is 16.3. The molecule has 0 unspecified atom stereocenters. The van der Waals surface area contributed by atoms with Crippen LogP contribution < -0.4 is 0 Å². The lowest BCUT2D eigenvalue weighted by molar-refractivity contribution is 0.195. The molecule has 1 aromatic heterocycles. The van der Waals surface area contributed by atoms with Gasteiger partial charge in [0.15, 0.2) is 11.5 Å². The standard InChI is InChI=1S/C17H24N2O2/c20-13-5-1-4-10-19-11-8-14(9-12-19)17-18-15-6-2-3-7-16(15)21-17/h2-3,6-7,14,20H,1,4-5,8-13H2. The monoisotopic (exact) mass is 288 g/mol. The summed E-state index contributed by atoms with van der Waals surface area (Å²) in [5.41, 5.74) is 1.87. The molecule has 1 N–H and O–H groups in total. The third-order valence-corrected chi connectivity index (χ3v) is 4.38. The molecule has 2 aromatic rings. The molecule has 0 amide bonds. The van der Waals surface area contributed by atoms with Crippen molar-refractivity contribution in [3.63, 3.8) is 0 Å². The second-order valence-corrected chi connectivity index (χ2v) is 5.92. The second kappa shape index (κ2) is 7.05. The number of hydrogen-bond acceptors (Lipinski definition) is 4. The smallest absolute Gasteiger partial charge is 0.198 e. The van der Waals surface area contributed by atoms with Gasteiger partial charge in [-0.2, -0.15) is 0 Å². The Morgan fingerprint density at radius 1 is 1.14 bits per heavy atom. The lowest BCUT2D eigenvalue weighted by atomic mass is 9.96. The van der Waals surface area contributed by atoms with Crippen molar-refractivity contribution in [1.29, 1.82) is 0 Å². The topological polar surface area (TPSA) is 49.5 Å². The number of aromatic nitrogens is 1. The van der Waals surface area contributed by atoms with E-state index in [4.69, 9.17) is 9.52 Å². The molecule has 0 spiro atoms. The Hall–Kier alpha value is -1.39. The van der Waals surface area contributed by atoms with E-state index in [-0.39, 0.29) is 0 Å². The Balaban J connectivity index is 1.51. The molecule has 0 radical (unpaired) electrons. The minimum Gasteiger partial charge on any atom is -0.440 e. The molecule has 0 aliphatic carbocycles. The number of likely N-dealkylation sites (tertiary alicyclic amines) is 1. The van der Waals surface area contributed by atoms with E-state index in [2.05, 4.69) is 9.88 Å². The molecule has 114 valence electrons. The molecule has 4 nitrogen and oxygen atoms in total. The van der Waals surface area contributed by atoms with E-state index in [1.807, 2.05) is 24.3 Å². The summed E-state index contributed by atoms with van der Waals surface area (Å²) in [7, 11) is 0. The minimum atomic E-state index is 0.319. The maximum Gasteiger partial charge on any atom is 0.198 e. The number of oxazole rings is 1. The fourth-order valence-electron chi connectivity index (χ4n) is 3.09. The van der Waals surface area contributed by atoms with Crippen molar-refractivity contribution in [1.82, 2.24) is 9.88 Å². The SMILES string of the molecule is OCCCCCN1CCC(c2nc3ccccc3o2)CC1. The molecule has 1 aliphatic heterocycles. The van der Waals surface area contributed by atoms with Crippen LogP contribution in [0.3, 0.4) is 0 Å². The molecule has 0 saturated carbocycles. The van der Waals surface area contributed by atoms with Crippen molar-refractivity contribution in [2.75, 3.05) is 26.2 Å². The molecule has 1 aliphatic rings. The largest absolute Gasteiger partial charge is 0.440 e. The lowest BCUT2D eigenvalue weighted by Gasteiger charge is -2.30.